The fraction of sp³-hybridized carbons (Fsp3) is 0.471. The van der Waals surface area contributed by atoms with E-state index in [9.17, 15) is 37.8 Å². The van der Waals surface area contributed by atoms with Gasteiger partial charge in [-0.3, -0.25) is 9.59 Å². The van der Waals surface area contributed by atoms with Crippen molar-refractivity contribution in [1.82, 2.24) is 5.32 Å². The van der Waals surface area contributed by atoms with Gasteiger partial charge in [-0.15, -0.1) is 0 Å². The van der Waals surface area contributed by atoms with Gasteiger partial charge in [-0.25, -0.2) is 4.79 Å². The highest BCUT2D eigenvalue weighted by Crippen LogP contribution is 2.30. The van der Waals surface area contributed by atoms with Crippen molar-refractivity contribution in [3.8, 4) is 0 Å². The Balaban J connectivity index is 2.83. The van der Waals surface area contributed by atoms with Gasteiger partial charge in [0, 0.05) is 0 Å². The predicted molar refractivity (Wildman–Crippen MR) is 86.4 cm³/mol. The number of alkyl halides is 3. The Labute approximate surface area is 153 Å². The van der Waals surface area contributed by atoms with Crippen molar-refractivity contribution in [3.63, 3.8) is 0 Å². The number of nitrogens with one attached hydrogen (secondary N) is 1. The summed E-state index contributed by atoms with van der Waals surface area (Å²) in [4.78, 5) is 34.9. The number of benzene rings is 1. The zero-order valence-electron chi connectivity index (χ0n) is 14.6. The minimum absolute atomic E-state index is 0.113. The molecule has 0 aliphatic carbocycles. The number of carbonyl (C=O) groups is 3. The molecule has 1 rings (SSSR count). The highest BCUT2D eigenvalue weighted by atomic mass is 19.4. The van der Waals surface area contributed by atoms with Crippen LogP contribution in [0.3, 0.4) is 0 Å². The van der Waals surface area contributed by atoms with Gasteiger partial charge in [0.25, 0.3) is 5.91 Å². The van der Waals surface area contributed by atoms with Crippen molar-refractivity contribution in [3.05, 3.63) is 35.4 Å². The number of carboxylic acid groups (broad SMARTS) is 1. The number of aliphatic carboxylic acids is 1. The number of rotatable bonds is 8. The number of hydrogen-bond acceptors (Lipinski definition) is 5. The molecule has 0 radical (unpaired) electrons. The lowest BCUT2D eigenvalue weighted by atomic mass is 9.97. The fourth-order valence-corrected chi connectivity index (χ4v) is 2.29. The second-order valence-electron chi connectivity index (χ2n) is 5.83. The van der Waals surface area contributed by atoms with E-state index >= 15 is 0 Å². The van der Waals surface area contributed by atoms with Crippen LogP contribution in [-0.2, 0) is 25.3 Å². The maximum absolute atomic E-state index is 12.5. The van der Waals surface area contributed by atoms with Gasteiger partial charge in [-0.2, -0.15) is 13.2 Å². The van der Waals surface area contributed by atoms with E-state index in [1.807, 2.05) is 0 Å². The summed E-state index contributed by atoms with van der Waals surface area (Å²) in [6, 6.07) is 1.75. The van der Waals surface area contributed by atoms with Crippen molar-refractivity contribution in [1.29, 1.82) is 0 Å². The summed E-state index contributed by atoms with van der Waals surface area (Å²) in [5.41, 5.74) is -1.09. The molecule has 150 valence electrons. The summed E-state index contributed by atoms with van der Waals surface area (Å²) in [6.07, 6.45) is -6.71. The number of carboxylic acids is 1. The first kappa shape index (κ1) is 22.4. The number of aliphatic hydroxyl groups is 1. The molecule has 0 bridgehead atoms. The van der Waals surface area contributed by atoms with E-state index in [1.54, 1.807) is 6.92 Å². The third kappa shape index (κ3) is 6.55. The molecule has 10 heteroatoms. The smallest absolute Gasteiger partial charge is 0.416 e. The Kier molecular flexibility index (Phi) is 7.77. The molecule has 1 aromatic carbocycles. The zero-order valence-corrected chi connectivity index (χ0v) is 14.6. The molecule has 7 nitrogen and oxygen atoms in total. The second kappa shape index (κ2) is 9.36. The minimum Gasteiger partial charge on any atom is -0.480 e. The van der Waals surface area contributed by atoms with E-state index in [1.165, 1.54) is 6.92 Å². The molecule has 0 aliphatic heterocycles. The van der Waals surface area contributed by atoms with Crippen LogP contribution in [0.4, 0.5) is 13.2 Å². The van der Waals surface area contributed by atoms with Crippen LogP contribution in [-0.4, -0.2) is 40.7 Å². The van der Waals surface area contributed by atoms with Gasteiger partial charge in [-0.05, 0) is 30.5 Å². The lowest BCUT2D eigenvalue weighted by molar-refractivity contribution is -0.148. The van der Waals surface area contributed by atoms with Crippen molar-refractivity contribution in [2.75, 3.05) is 6.61 Å². The fourth-order valence-electron chi connectivity index (χ4n) is 2.29. The molecule has 27 heavy (non-hydrogen) atoms. The Morgan fingerprint density at radius 2 is 1.74 bits per heavy atom. The highest BCUT2D eigenvalue weighted by molar-refractivity contribution is 5.87. The molecule has 1 amide bonds. The molecular formula is C17H20F3NO6. The quantitative estimate of drug-likeness (QED) is 0.584. The largest absolute Gasteiger partial charge is 0.480 e. The average molecular weight is 391 g/mol. The van der Waals surface area contributed by atoms with Gasteiger partial charge in [0.15, 0.2) is 6.10 Å². The molecular weight excluding hydrogens is 371 g/mol. The van der Waals surface area contributed by atoms with Gasteiger partial charge in [0.05, 0.1) is 18.6 Å². The standard InChI is InChI=1S/C17H20F3NO6/c1-3-27-12(22)8-9(2)13(16(25)26)21-15(24)14(23)10-4-6-11(7-5-10)17(18,19)20/h4-7,9,13-14,23H,3,8H2,1-2H3,(H,21,24)(H,25,26)/t9-,13-,14+/m0/s1. The lowest BCUT2D eigenvalue weighted by Crippen LogP contribution is -2.47. The summed E-state index contributed by atoms with van der Waals surface area (Å²) in [6.45, 7) is 3.10. The van der Waals surface area contributed by atoms with Crippen LogP contribution < -0.4 is 5.32 Å². The summed E-state index contributed by atoms with van der Waals surface area (Å²) >= 11 is 0. The number of ether oxygens (including phenoxy) is 1. The van der Waals surface area contributed by atoms with Crippen molar-refractivity contribution >= 4 is 17.8 Å². The van der Waals surface area contributed by atoms with E-state index in [-0.39, 0.29) is 18.6 Å². The van der Waals surface area contributed by atoms with Crippen LogP contribution in [0.2, 0.25) is 0 Å². The summed E-state index contributed by atoms with van der Waals surface area (Å²) in [5.74, 6) is -4.03. The number of hydrogen-bond donors (Lipinski definition) is 3. The maximum Gasteiger partial charge on any atom is 0.416 e. The van der Waals surface area contributed by atoms with Gasteiger partial charge < -0.3 is 20.3 Å². The first-order chi connectivity index (χ1) is 12.5. The van der Waals surface area contributed by atoms with Gasteiger partial charge in [-0.1, -0.05) is 19.1 Å². The third-order valence-electron chi connectivity index (χ3n) is 3.73. The Morgan fingerprint density at radius 3 is 2.19 bits per heavy atom. The van der Waals surface area contributed by atoms with E-state index in [4.69, 9.17) is 4.74 Å². The van der Waals surface area contributed by atoms with E-state index in [2.05, 4.69) is 5.32 Å². The SMILES string of the molecule is CCOC(=O)C[C@H](C)[C@H](NC(=O)[C@H](O)c1ccc(C(F)(F)F)cc1)C(=O)O. The van der Waals surface area contributed by atoms with E-state index < -0.39 is 47.6 Å². The first-order valence-electron chi connectivity index (χ1n) is 8.01. The Hall–Kier alpha value is -2.62. The topological polar surface area (TPSA) is 113 Å². The molecule has 3 atom stereocenters. The average Bonchev–Trinajstić information content (AvgIpc) is 2.57. The molecule has 0 saturated heterocycles. The Morgan fingerprint density at radius 1 is 1.19 bits per heavy atom. The molecule has 1 aromatic rings. The molecule has 0 heterocycles. The molecule has 0 fully saturated rings. The minimum atomic E-state index is -4.57. The monoisotopic (exact) mass is 391 g/mol. The summed E-state index contributed by atoms with van der Waals surface area (Å²) < 4.78 is 42.3. The number of halogens is 3. The van der Waals surface area contributed by atoms with Crippen LogP contribution in [0, 0.1) is 5.92 Å². The van der Waals surface area contributed by atoms with Crippen molar-refractivity contribution < 1.29 is 42.5 Å². The molecule has 0 aliphatic rings. The van der Waals surface area contributed by atoms with Crippen LogP contribution in [0.25, 0.3) is 0 Å². The lowest BCUT2D eigenvalue weighted by Gasteiger charge is -2.22. The number of aliphatic hydroxyl groups excluding tert-OH is 1. The molecule has 0 spiro atoms. The first-order valence-corrected chi connectivity index (χ1v) is 8.01. The molecule has 0 aromatic heterocycles. The summed E-state index contributed by atoms with van der Waals surface area (Å²) in [5, 5.41) is 21.3. The van der Waals surface area contributed by atoms with Crippen molar-refractivity contribution in [2.24, 2.45) is 5.92 Å². The van der Waals surface area contributed by atoms with Crippen LogP contribution in [0.15, 0.2) is 24.3 Å². The van der Waals surface area contributed by atoms with Gasteiger partial charge in [0.2, 0.25) is 0 Å². The normalized spacial score (nSPS) is 14.7. The van der Waals surface area contributed by atoms with Gasteiger partial charge in [0.1, 0.15) is 6.04 Å². The molecule has 3 N–H and O–H groups in total. The van der Waals surface area contributed by atoms with Crippen molar-refractivity contribution in [2.45, 2.75) is 38.6 Å². The van der Waals surface area contributed by atoms with E-state index in [0.717, 1.165) is 12.1 Å². The number of amides is 1. The van der Waals surface area contributed by atoms with E-state index in [0.29, 0.717) is 12.1 Å². The predicted octanol–water partition coefficient (Wildman–Crippen LogP) is 1.90. The zero-order chi connectivity index (χ0) is 20.8. The molecule has 0 unspecified atom stereocenters. The second-order valence-corrected chi connectivity index (χ2v) is 5.83. The third-order valence-corrected chi connectivity index (χ3v) is 3.73. The van der Waals surface area contributed by atoms with Crippen LogP contribution in [0.1, 0.15) is 37.5 Å². The number of carbonyl (C=O) groups excluding carboxylic acids is 2. The Bertz CT molecular complexity index is 674. The highest BCUT2D eigenvalue weighted by Gasteiger charge is 2.32. The molecule has 0 saturated carbocycles. The van der Waals surface area contributed by atoms with Crippen LogP contribution in [0.5, 0.6) is 0 Å². The maximum atomic E-state index is 12.5. The van der Waals surface area contributed by atoms with Crippen LogP contribution >= 0.6 is 0 Å². The summed E-state index contributed by atoms with van der Waals surface area (Å²) in [7, 11) is 0. The number of esters is 1. The van der Waals surface area contributed by atoms with Gasteiger partial charge >= 0.3 is 18.1 Å².